The molecule has 0 amide bonds. The fraction of sp³-hybridized carbons (Fsp3) is 0. The molecule has 2 aromatic heterocycles. The van der Waals surface area contributed by atoms with Crippen molar-refractivity contribution in [2.75, 3.05) is 0 Å². The summed E-state index contributed by atoms with van der Waals surface area (Å²) < 4.78 is 0.926. The molecule has 4 heteroatoms. The minimum Gasteiger partial charge on any atom is -0.235 e. The van der Waals surface area contributed by atoms with Crippen LogP contribution in [-0.4, -0.2) is 15.2 Å². The van der Waals surface area contributed by atoms with Crippen LogP contribution in [0.3, 0.4) is 0 Å². The van der Waals surface area contributed by atoms with Gasteiger partial charge in [0, 0.05) is 16.1 Å². The Morgan fingerprint density at radius 3 is 3.09 bits per heavy atom. The third kappa shape index (κ3) is 1.09. The Balaban J connectivity index is 2.91. The van der Waals surface area contributed by atoms with Crippen molar-refractivity contribution in [1.29, 1.82) is 0 Å². The van der Waals surface area contributed by atoms with Gasteiger partial charge < -0.3 is 0 Å². The molecule has 0 aliphatic carbocycles. The third-order valence-corrected chi connectivity index (χ3v) is 2.00. The van der Waals surface area contributed by atoms with E-state index in [1.807, 2.05) is 12.1 Å². The van der Waals surface area contributed by atoms with Crippen LogP contribution in [0.2, 0.25) is 0 Å². The van der Waals surface area contributed by atoms with E-state index in [0.29, 0.717) is 5.65 Å². The summed E-state index contributed by atoms with van der Waals surface area (Å²) >= 11 is 3.35. The van der Waals surface area contributed by atoms with Crippen LogP contribution in [0.4, 0.5) is 0 Å². The maximum atomic E-state index is 4.04. The van der Waals surface area contributed by atoms with Crippen LogP contribution in [0.5, 0.6) is 0 Å². The number of nitrogens with zero attached hydrogens (tertiary/aromatic N) is 3. The standard InChI is InChI=1S/C7H4BrN3/c8-6-4-10-11-7-5(6)2-1-3-9-7/h1-4H. The smallest absolute Gasteiger partial charge is 0.182 e. The predicted molar refractivity (Wildman–Crippen MR) is 45.0 cm³/mol. The molecule has 0 fully saturated rings. The summed E-state index contributed by atoms with van der Waals surface area (Å²) in [5.41, 5.74) is 0.668. The number of fused-ring (bicyclic) bond motifs is 1. The monoisotopic (exact) mass is 209 g/mol. The molecule has 0 saturated carbocycles. The Labute approximate surface area is 71.6 Å². The van der Waals surface area contributed by atoms with Crippen molar-refractivity contribution in [2.45, 2.75) is 0 Å². The van der Waals surface area contributed by atoms with Crippen molar-refractivity contribution in [3.63, 3.8) is 0 Å². The van der Waals surface area contributed by atoms with E-state index in [0.717, 1.165) is 9.86 Å². The lowest BCUT2D eigenvalue weighted by Gasteiger charge is -1.94. The Morgan fingerprint density at radius 1 is 1.36 bits per heavy atom. The van der Waals surface area contributed by atoms with Gasteiger partial charge >= 0.3 is 0 Å². The first-order valence-electron chi connectivity index (χ1n) is 3.10. The molecule has 0 spiro atoms. The SMILES string of the molecule is Brc1cnnc2ncccc12. The van der Waals surface area contributed by atoms with E-state index in [1.54, 1.807) is 12.4 Å². The number of rotatable bonds is 0. The molecule has 0 saturated heterocycles. The first-order chi connectivity index (χ1) is 5.38. The molecule has 0 unspecified atom stereocenters. The van der Waals surface area contributed by atoms with Crippen LogP contribution >= 0.6 is 15.9 Å². The Hall–Kier alpha value is -1.03. The highest BCUT2D eigenvalue weighted by Gasteiger charge is 1.97. The summed E-state index contributed by atoms with van der Waals surface area (Å²) in [5.74, 6) is 0. The third-order valence-electron chi connectivity index (χ3n) is 1.37. The second kappa shape index (κ2) is 2.54. The van der Waals surface area contributed by atoms with Crippen LogP contribution in [0.1, 0.15) is 0 Å². The molecule has 0 radical (unpaired) electrons. The van der Waals surface area contributed by atoms with Crippen LogP contribution in [0.25, 0.3) is 11.0 Å². The molecule has 0 aliphatic heterocycles. The lowest BCUT2D eigenvalue weighted by Crippen LogP contribution is -1.86. The van der Waals surface area contributed by atoms with Crippen molar-refractivity contribution in [1.82, 2.24) is 15.2 Å². The maximum Gasteiger partial charge on any atom is 0.182 e. The number of hydrogen-bond acceptors (Lipinski definition) is 3. The molecule has 0 N–H and O–H groups in total. The van der Waals surface area contributed by atoms with Gasteiger partial charge in [0.05, 0.1) is 6.20 Å². The van der Waals surface area contributed by atoms with Crippen LogP contribution < -0.4 is 0 Å². The highest BCUT2D eigenvalue weighted by atomic mass is 79.9. The Bertz CT molecular complexity index is 383. The zero-order chi connectivity index (χ0) is 7.68. The van der Waals surface area contributed by atoms with Crippen molar-refractivity contribution < 1.29 is 0 Å². The van der Waals surface area contributed by atoms with Crippen LogP contribution in [-0.2, 0) is 0 Å². The topological polar surface area (TPSA) is 38.7 Å². The second-order valence-electron chi connectivity index (χ2n) is 2.07. The molecule has 2 aromatic rings. The van der Waals surface area contributed by atoms with Crippen molar-refractivity contribution in [3.8, 4) is 0 Å². The first-order valence-corrected chi connectivity index (χ1v) is 3.89. The second-order valence-corrected chi connectivity index (χ2v) is 2.92. The lowest BCUT2D eigenvalue weighted by molar-refractivity contribution is 1.04. The minimum absolute atomic E-state index is 0.668. The van der Waals surface area contributed by atoms with Gasteiger partial charge in [0.1, 0.15) is 0 Å². The molecular weight excluding hydrogens is 206 g/mol. The Kier molecular flexibility index (Phi) is 1.54. The molecule has 11 heavy (non-hydrogen) atoms. The van der Waals surface area contributed by atoms with Gasteiger partial charge in [-0.2, -0.15) is 5.10 Å². The zero-order valence-electron chi connectivity index (χ0n) is 5.53. The van der Waals surface area contributed by atoms with E-state index < -0.39 is 0 Å². The van der Waals surface area contributed by atoms with Crippen LogP contribution in [0.15, 0.2) is 29.0 Å². The molecule has 2 heterocycles. The van der Waals surface area contributed by atoms with Gasteiger partial charge in [0.15, 0.2) is 5.65 Å². The number of hydrogen-bond donors (Lipinski definition) is 0. The quantitative estimate of drug-likeness (QED) is 0.665. The Morgan fingerprint density at radius 2 is 2.27 bits per heavy atom. The first kappa shape index (κ1) is 6.67. The highest BCUT2D eigenvalue weighted by molar-refractivity contribution is 9.10. The summed E-state index contributed by atoms with van der Waals surface area (Å²) in [4.78, 5) is 4.04. The van der Waals surface area contributed by atoms with Gasteiger partial charge in [-0.15, -0.1) is 5.10 Å². The molecule has 0 aliphatic rings. The number of aromatic nitrogens is 3. The minimum atomic E-state index is 0.668. The predicted octanol–water partition coefficient (Wildman–Crippen LogP) is 1.79. The summed E-state index contributed by atoms with van der Waals surface area (Å²) in [6, 6.07) is 3.82. The maximum absolute atomic E-state index is 4.04. The number of pyridine rings is 1. The average Bonchev–Trinajstić information content (AvgIpc) is 2.06. The molecule has 54 valence electrons. The normalized spacial score (nSPS) is 10.3. The van der Waals surface area contributed by atoms with Crippen LogP contribution in [0, 0.1) is 0 Å². The van der Waals surface area contributed by atoms with Gasteiger partial charge in [0.25, 0.3) is 0 Å². The van der Waals surface area contributed by atoms with E-state index >= 15 is 0 Å². The largest absolute Gasteiger partial charge is 0.235 e. The fourth-order valence-corrected chi connectivity index (χ4v) is 1.27. The van der Waals surface area contributed by atoms with E-state index in [2.05, 4.69) is 31.1 Å². The molecule has 0 aromatic carbocycles. The molecule has 3 nitrogen and oxygen atoms in total. The molecule has 0 atom stereocenters. The molecule has 0 bridgehead atoms. The molecular formula is C7H4BrN3. The summed E-state index contributed by atoms with van der Waals surface area (Å²) in [7, 11) is 0. The van der Waals surface area contributed by atoms with Crippen molar-refractivity contribution in [2.24, 2.45) is 0 Å². The van der Waals surface area contributed by atoms with Gasteiger partial charge in [0.2, 0.25) is 0 Å². The highest BCUT2D eigenvalue weighted by Crippen LogP contribution is 2.17. The summed E-state index contributed by atoms with van der Waals surface area (Å²) in [5, 5.41) is 8.59. The lowest BCUT2D eigenvalue weighted by atomic mass is 10.3. The summed E-state index contributed by atoms with van der Waals surface area (Å²) in [6.07, 6.45) is 3.35. The van der Waals surface area contributed by atoms with E-state index in [1.165, 1.54) is 0 Å². The van der Waals surface area contributed by atoms with Gasteiger partial charge in [-0.05, 0) is 28.1 Å². The fourth-order valence-electron chi connectivity index (χ4n) is 0.867. The van der Waals surface area contributed by atoms with E-state index in [9.17, 15) is 0 Å². The van der Waals surface area contributed by atoms with Gasteiger partial charge in [-0.1, -0.05) is 0 Å². The van der Waals surface area contributed by atoms with Crippen molar-refractivity contribution in [3.05, 3.63) is 29.0 Å². The number of halogens is 1. The molecule has 2 rings (SSSR count). The zero-order valence-corrected chi connectivity index (χ0v) is 7.12. The van der Waals surface area contributed by atoms with Crippen molar-refractivity contribution >= 4 is 27.0 Å². The van der Waals surface area contributed by atoms with E-state index in [-0.39, 0.29) is 0 Å². The summed E-state index contributed by atoms with van der Waals surface area (Å²) in [6.45, 7) is 0. The van der Waals surface area contributed by atoms with Gasteiger partial charge in [-0.25, -0.2) is 4.98 Å². The van der Waals surface area contributed by atoms with E-state index in [4.69, 9.17) is 0 Å². The van der Waals surface area contributed by atoms with Gasteiger partial charge in [-0.3, -0.25) is 0 Å². The average molecular weight is 210 g/mol.